The average Bonchev–Trinajstić information content (AvgIpc) is 3.44. The van der Waals surface area contributed by atoms with Gasteiger partial charge in [0.25, 0.3) is 0 Å². The highest BCUT2D eigenvalue weighted by atomic mass is 16.5. The van der Waals surface area contributed by atoms with Gasteiger partial charge in [-0.3, -0.25) is 9.67 Å². The van der Waals surface area contributed by atoms with Crippen LogP contribution in [0.25, 0.3) is 0 Å². The molecule has 0 bridgehead atoms. The number of hydrogen-bond acceptors (Lipinski definition) is 3. The number of aromatic nitrogens is 2. The highest BCUT2D eigenvalue weighted by Gasteiger charge is 2.33. The summed E-state index contributed by atoms with van der Waals surface area (Å²) in [5, 5.41) is 11.7. The lowest BCUT2D eigenvalue weighted by Gasteiger charge is -2.30. The van der Waals surface area contributed by atoms with E-state index in [1.165, 1.54) is 51.4 Å². The quantitative estimate of drug-likeness (QED) is 0.393. The molecule has 0 radical (unpaired) electrons. The Kier molecular flexibility index (Phi) is 7.56. The topological polar surface area (TPSA) is 63.5 Å². The molecule has 6 heteroatoms. The van der Waals surface area contributed by atoms with E-state index in [9.17, 15) is 0 Å². The summed E-state index contributed by atoms with van der Waals surface area (Å²) in [5.74, 6) is 0.869. The van der Waals surface area contributed by atoms with Crippen molar-refractivity contribution in [2.45, 2.75) is 77.3 Å². The second-order valence-electron chi connectivity index (χ2n) is 8.16. The van der Waals surface area contributed by atoms with Crippen molar-refractivity contribution in [2.24, 2.45) is 10.4 Å². The molecule has 2 N–H and O–H groups in total. The Morgan fingerprint density at radius 1 is 1.26 bits per heavy atom. The average molecular weight is 376 g/mol. The van der Waals surface area contributed by atoms with Crippen molar-refractivity contribution < 1.29 is 4.74 Å². The summed E-state index contributed by atoms with van der Waals surface area (Å²) < 4.78 is 7.77. The van der Waals surface area contributed by atoms with E-state index in [4.69, 9.17) is 9.84 Å². The molecule has 0 atom stereocenters. The highest BCUT2D eigenvalue weighted by Crippen LogP contribution is 2.40. The van der Waals surface area contributed by atoms with Gasteiger partial charge in [0.05, 0.1) is 18.3 Å². The summed E-state index contributed by atoms with van der Waals surface area (Å²) in [6.45, 7) is 5.42. The molecule has 3 rings (SSSR count). The molecule has 2 saturated carbocycles. The normalized spacial score (nSPS) is 20.3. The fraction of sp³-hybridized carbons (Fsp3) is 0.810. The SMILES string of the molecule is CCOCCC1(CNC(=NC)NCc2ccn(C3CCCC3)n2)CCCC1. The van der Waals surface area contributed by atoms with Gasteiger partial charge in [0.15, 0.2) is 5.96 Å². The molecule has 2 aliphatic carbocycles. The van der Waals surface area contributed by atoms with E-state index in [1.807, 2.05) is 7.05 Å². The molecule has 0 aromatic carbocycles. The zero-order chi connectivity index (χ0) is 19.0. The van der Waals surface area contributed by atoms with Crippen molar-refractivity contribution >= 4 is 5.96 Å². The third-order valence-electron chi connectivity index (χ3n) is 6.30. The van der Waals surface area contributed by atoms with Gasteiger partial charge in [0, 0.05) is 33.0 Å². The first-order valence-corrected chi connectivity index (χ1v) is 10.8. The van der Waals surface area contributed by atoms with E-state index in [0.29, 0.717) is 18.0 Å². The smallest absolute Gasteiger partial charge is 0.191 e. The van der Waals surface area contributed by atoms with Crippen LogP contribution < -0.4 is 10.6 Å². The first-order chi connectivity index (χ1) is 13.2. The predicted molar refractivity (Wildman–Crippen MR) is 110 cm³/mol. The van der Waals surface area contributed by atoms with Crippen LogP contribution in [0.5, 0.6) is 0 Å². The summed E-state index contributed by atoms with van der Waals surface area (Å²) in [7, 11) is 1.84. The van der Waals surface area contributed by atoms with E-state index < -0.39 is 0 Å². The highest BCUT2D eigenvalue weighted by molar-refractivity contribution is 5.79. The van der Waals surface area contributed by atoms with E-state index in [1.54, 1.807) is 0 Å². The molecular weight excluding hydrogens is 338 g/mol. The summed E-state index contributed by atoms with van der Waals surface area (Å²) in [5.41, 5.74) is 1.44. The molecule has 0 spiro atoms. The standard InChI is InChI=1S/C21H37N5O/c1-3-27-15-13-21(11-6-7-12-21)17-24-20(22-2)23-16-18-10-14-26(25-18)19-8-4-5-9-19/h10,14,19H,3-9,11-13,15-17H2,1-2H3,(H2,22,23,24). The largest absolute Gasteiger partial charge is 0.382 e. The summed E-state index contributed by atoms with van der Waals surface area (Å²) in [6.07, 6.45) is 13.7. The minimum absolute atomic E-state index is 0.358. The van der Waals surface area contributed by atoms with Crippen LogP contribution in [-0.2, 0) is 11.3 Å². The number of ether oxygens (including phenoxy) is 1. The summed E-state index contributed by atoms with van der Waals surface area (Å²) in [6, 6.07) is 2.72. The lowest BCUT2D eigenvalue weighted by atomic mass is 9.83. The van der Waals surface area contributed by atoms with Crippen LogP contribution in [0.15, 0.2) is 17.3 Å². The maximum absolute atomic E-state index is 5.62. The summed E-state index contributed by atoms with van der Waals surface area (Å²) >= 11 is 0. The van der Waals surface area contributed by atoms with Crippen molar-refractivity contribution in [3.8, 4) is 0 Å². The zero-order valence-electron chi connectivity index (χ0n) is 17.2. The maximum Gasteiger partial charge on any atom is 0.191 e. The first-order valence-electron chi connectivity index (χ1n) is 10.8. The van der Waals surface area contributed by atoms with Gasteiger partial charge in [0.1, 0.15) is 0 Å². The van der Waals surface area contributed by atoms with Crippen LogP contribution in [0.3, 0.4) is 0 Å². The van der Waals surface area contributed by atoms with E-state index in [0.717, 1.165) is 37.8 Å². The third-order valence-corrected chi connectivity index (χ3v) is 6.30. The van der Waals surface area contributed by atoms with Crippen LogP contribution in [-0.4, -0.2) is 42.5 Å². The molecular formula is C21H37N5O. The fourth-order valence-electron chi connectivity index (χ4n) is 4.58. The molecule has 0 amide bonds. The minimum atomic E-state index is 0.358. The van der Waals surface area contributed by atoms with Gasteiger partial charge in [-0.05, 0) is 50.5 Å². The van der Waals surface area contributed by atoms with Gasteiger partial charge in [0.2, 0.25) is 0 Å². The third kappa shape index (κ3) is 5.71. The van der Waals surface area contributed by atoms with E-state index >= 15 is 0 Å². The van der Waals surface area contributed by atoms with Crippen molar-refractivity contribution in [2.75, 3.05) is 26.8 Å². The van der Waals surface area contributed by atoms with E-state index in [-0.39, 0.29) is 0 Å². The molecule has 2 fully saturated rings. The van der Waals surface area contributed by atoms with Crippen LogP contribution in [0.2, 0.25) is 0 Å². The molecule has 6 nitrogen and oxygen atoms in total. The molecule has 2 aliphatic rings. The Morgan fingerprint density at radius 3 is 2.74 bits per heavy atom. The first kappa shape index (κ1) is 20.2. The summed E-state index contributed by atoms with van der Waals surface area (Å²) in [4.78, 5) is 4.40. The molecule has 0 unspecified atom stereocenters. The van der Waals surface area contributed by atoms with Gasteiger partial charge in [-0.25, -0.2) is 0 Å². The number of rotatable bonds is 9. The van der Waals surface area contributed by atoms with Crippen molar-refractivity contribution in [3.63, 3.8) is 0 Å². The van der Waals surface area contributed by atoms with Gasteiger partial charge in [-0.2, -0.15) is 5.10 Å². The molecule has 1 aromatic rings. The Bertz CT molecular complexity index is 585. The van der Waals surface area contributed by atoms with Crippen LogP contribution in [0.1, 0.15) is 76.4 Å². The Balaban J connectivity index is 1.46. The number of hydrogen-bond donors (Lipinski definition) is 2. The number of guanidine groups is 1. The van der Waals surface area contributed by atoms with Gasteiger partial charge >= 0.3 is 0 Å². The number of aliphatic imine (C=N–C) groups is 1. The second kappa shape index (κ2) is 10.1. The Hall–Kier alpha value is -1.56. The second-order valence-corrected chi connectivity index (χ2v) is 8.16. The van der Waals surface area contributed by atoms with Crippen molar-refractivity contribution in [3.05, 3.63) is 18.0 Å². The Morgan fingerprint density at radius 2 is 2.04 bits per heavy atom. The zero-order valence-corrected chi connectivity index (χ0v) is 17.2. The molecule has 27 heavy (non-hydrogen) atoms. The molecule has 0 saturated heterocycles. The van der Waals surface area contributed by atoms with Crippen molar-refractivity contribution in [1.82, 2.24) is 20.4 Å². The van der Waals surface area contributed by atoms with Crippen LogP contribution >= 0.6 is 0 Å². The van der Waals surface area contributed by atoms with Crippen molar-refractivity contribution in [1.29, 1.82) is 0 Å². The maximum atomic E-state index is 5.62. The lowest BCUT2D eigenvalue weighted by molar-refractivity contribution is 0.105. The monoisotopic (exact) mass is 375 g/mol. The molecule has 1 heterocycles. The predicted octanol–water partition coefficient (Wildman–Crippen LogP) is 3.65. The number of nitrogens with zero attached hydrogens (tertiary/aromatic N) is 3. The van der Waals surface area contributed by atoms with Gasteiger partial charge in [-0.1, -0.05) is 25.7 Å². The van der Waals surface area contributed by atoms with E-state index in [2.05, 4.69) is 39.5 Å². The minimum Gasteiger partial charge on any atom is -0.382 e. The lowest BCUT2D eigenvalue weighted by Crippen LogP contribution is -2.43. The van der Waals surface area contributed by atoms with Crippen LogP contribution in [0, 0.1) is 5.41 Å². The molecule has 152 valence electrons. The Labute approximate surface area is 164 Å². The van der Waals surface area contributed by atoms with Gasteiger partial charge < -0.3 is 15.4 Å². The molecule has 0 aliphatic heterocycles. The van der Waals surface area contributed by atoms with Gasteiger partial charge in [-0.15, -0.1) is 0 Å². The molecule has 1 aromatic heterocycles. The fourth-order valence-corrected chi connectivity index (χ4v) is 4.58. The number of nitrogens with one attached hydrogen (secondary N) is 2. The van der Waals surface area contributed by atoms with Crippen LogP contribution in [0.4, 0.5) is 0 Å².